The number of carbonyl (C=O) groups is 1. The van der Waals surface area contributed by atoms with Crippen LogP contribution in [0.5, 0.6) is 0 Å². The quantitative estimate of drug-likeness (QED) is 0.770. The molecule has 1 saturated carbocycles. The molecule has 0 N–H and O–H groups in total. The van der Waals surface area contributed by atoms with Crippen LogP contribution >= 0.6 is 0 Å². The largest absolute Gasteiger partial charge is 0.307 e. The van der Waals surface area contributed by atoms with E-state index in [1.807, 2.05) is 53.4 Å². The van der Waals surface area contributed by atoms with Crippen LogP contribution < -0.4 is 4.90 Å². The van der Waals surface area contributed by atoms with Gasteiger partial charge in [-0.15, -0.1) is 0 Å². The third-order valence-corrected chi connectivity index (χ3v) is 4.94. The molecule has 0 spiro atoms. The van der Waals surface area contributed by atoms with Crippen molar-refractivity contribution in [3.63, 3.8) is 0 Å². The summed E-state index contributed by atoms with van der Waals surface area (Å²) in [6.07, 6.45) is 2.60. The average Bonchev–Trinajstić information content (AvgIpc) is 3.45. The lowest BCUT2D eigenvalue weighted by Gasteiger charge is -2.29. The van der Waals surface area contributed by atoms with Crippen molar-refractivity contribution in [3.8, 4) is 0 Å². The maximum absolute atomic E-state index is 13.0. The molecule has 0 heterocycles. The Hall–Kier alpha value is -2.13. The maximum Gasteiger partial charge on any atom is 0.241 e. The van der Waals surface area contributed by atoms with Crippen LogP contribution in [-0.2, 0) is 11.3 Å². The highest BCUT2D eigenvalue weighted by atomic mass is 16.2. The fraction of sp³-hybridized carbons (Fsp3) is 0.381. The van der Waals surface area contributed by atoms with Gasteiger partial charge >= 0.3 is 0 Å². The number of hydrogen-bond donors (Lipinski definition) is 0. The van der Waals surface area contributed by atoms with Gasteiger partial charge in [0.2, 0.25) is 5.91 Å². The molecular weight excluding hydrogens is 296 g/mol. The standard InChI is InChI=1S/C21H26N2O/c1-17(19-13-14-19)22(2)16-21(24)23(20-11-7-4-8-12-20)15-18-9-5-3-6-10-18/h3-12,17,19H,13-16H2,1-2H3. The fourth-order valence-corrected chi connectivity index (χ4v) is 3.08. The number of anilines is 1. The second-order valence-electron chi connectivity index (χ2n) is 6.79. The molecule has 3 nitrogen and oxygen atoms in total. The molecule has 1 atom stereocenters. The third-order valence-electron chi connectivity index (χ3n) is 4.94. The first kappa shape index (κ1) is 16.7. The van der Waals surface area contributed by atoms with Gasteiger partial charge in [0, 0.05) is 11.7 Å². The minimum atomic E-state index is 0.153. The molecule has 0 radical (unpaired) electrons. The van der Waals surface area contributed by atoms with Crippen molar-refractivity contribution in [1.82, 2.24) is 4.90 Å². The zero-order valence-corrected chi connectivity index (χ0v) is 14.6. The predicted molar refractivity (Wildman–Crippen MR) is 98.9 cm³/mol. The molecule has 2 aromatic rings. The molecule has 1 aliphatic carbocycles. The van der Waals surface area contributed by atoms with E-state index in [4.69, 9.17) is 0 Å². The number of benzene rings is 2. The van der Waals surface area contributed by atoms with E-state index in [-0.39, 0.29) is 5.91 Å². The van der Waals surface area contributed by atoms with Crippen molar-refractivity contribution in [2.24, 2.45) is 5.92 Å². The highest BCUT2D eigenvalue weighted by Crippen LogP contribution is 2.34. The van der Waals surface area contributed by atoms with Gasteiger partial charge in [-0.1, -0.05) is 48.5 Å². The Kier molecular flexibility index (Phi) is 5.31. The van der Waals surface area contributed by atoms with Gasteiger partial charge in [0.1, 0.15) is 0 Å². The summed E-state index contributed by atoms with van der Waals surface area (Å²) in [7, 11) is 2.06. The van der Waals surface area contributed by atoms with Gasteiger partial charge in [0.05, 0.1) is 13.1 Å². The van der Waals surface area contributed by atoms with Crippen molar-refractivity contribution in [3.05, 3.63) is 66.2 Å². The van der Waals surface area contributed by atoms with Crippen LogP contribution in [0.25, 0.3) is 0 Å². The minimum Gasteiger partial charge on any atom is -0.307 e. The summed E-state index contributed by atoms with van der Waals surface area (Å²) in [5.41, 5.74) is 2.10. The third kappa shape index (κ3) is 4.24. The van der Waals surface area contributed by atoms with Gasteiger partial charge in [-0.05, 0) is 50.4 Å². The summed E-state index contributed by atoms with van der Waals surface area (Å²) in [6, 6.07) is 20.6. The Morgan fingerprint density at radius 2 is 1.62 bits per heavy atom. The molecular formula is C21H26N2O. The number of rotatable bonds is 7. The lowest BCUT2D eigenvalue weighted by molar-refractivity contribution is -0.120. The van der Waals surface area contributed by atoms with E-state index in [9.17, 15) is 4.79 Å². The van der Waals surface area contributed by atoms with Gasteiger partial charge in [0.25, 0.3) is 0 Å². The molecule has 0 aromatic heterocycles. The molecule has 3 heteroatoms. The Balaban J connectivity index is 1.74. The van der Waals surface area contributed by atoms with Crippen LogP contribution in [0.2, 0.25) is 0 Å². The molecule has 0 saturated heterocycles. The first-order valence-electron chi connectivity index (χ1n) is 8.74. The van der Waals surface area contributed by atoms with Crippen LogP contribution in [0, 0.1) is 5.92 Å². The van der Waals surface area contributed by atoms with Crippen molar-refractivity contribution in [1.29, 1.82) is 0 Å². The average molecular weight is 322 g/mol. The SMILES string of the molecule is CC(C1CC1)N(C)CC(=O)N(Cc1ccccc1)c1ccccc1. The normalized spacial score (nSPS) is 15.3. The number of likely N-dealkylation sites (N-methyl/N-ethyl adjacent to an activating group) is 1. The van der Waals surface area contributed by atoms with Gasteiger partial charge in [-0.2, -0.15) is 0 Å². The zero-order chi connectivity index (χ0) is 16.9. The molecule has 0 aliphatic heterocycles. The van der Waals surface area contributed by atoms with E-state index < -0.39 is 0 Å². The number of carbonyl (C=O) groups excluding carboxylic acids is 1. The highest BCUT2D eigenvalue weighted by molar-refractivity contribution is 5.94. The minimum absolute atomic E-state index is 0.153. The van der Waals surface area contributed by atoms with Crippen LogP contribution in [0.4, 0.5) is 5.69 Å². The number of para-hydroxylation sites is 1. The van der Waals surface area contributed by atoms with Gasteiger partial charge in [-0.3, -0.25) is 9.69 Å². The van der Waals surface area contributed by atoms with E-state index in [2.05, 4.69) is 31.0 Å². The maximum atomic E-state index is 13.0. The monoisotopic (exact) mass is 322 g/mol. The molecule has 126 valence electrons. The zero-order valence-electron chi connectivity index (χ0n) is 14.6. The van der Waals surface area contributed by atoms with E-state index in [0.29, 0.717) is 19.1 Å². The Labute approximate surface area is 144 Å². The molecule has 1 aliphatic rings. The van der Waals surface area contributed by atoms with Crippen LogP contribution in [0.15, 0.2) is 60.7 Å². The first-order valence-corrected chi connectivity index (χ1v) is 8.74. The fourth-order valence-electron chi connectivity index (χ4n) is 3.08. The van der Waals surface area contributed by atoms with E-state index >= 15 is 0 Å². The second-order valence-corrected chi connectivity index (χ2v) is 6.79. The van der Waals surface area contributed by atoms with E-state index in [1.165, 1.54) is 12.8 Å². The molecule has 1 unspecified atom stereocenters. The molecule has 24 heavy (non-hydrogen) atoms. The first-order chi connectivity index (χ1) is 11.6. The predicted octanol–water partition coefficient (Wildman–Crippen LogP) is 3.95. The van der Waals surface area contributed by atoms with Gasteiger partial charge in [-0.25, -0.2) is 0 Å². The summed E-state index contributed by atoms with van der Waals surface area (Å²) >= 11 is 0. The van der Waals surface area contributed by atoms with Crippen molar-refractivity contribution in [2.45, 2.75) is 32.4 Å². The Morgan fingerprint density at radius 1 is 1.04 bits per heavy atom. The summed E-state index contributed by atoms with van der Waals surface area (Å²) < 4.78 is 0. The van der Waals surface area contributed by atoms with Crippen molar-refractivity contribution in [2.75, 3.05) is 18.5 Å². The summed E-state index contributed by atoms with van der Waals surface area (Å²) in [4.78, 5) is 17.1. The Bertz CT molecular complexity index is 652. The van der Waals surface area contributed by atoms with Gasteiger partial charge < -0.3 is 4.90 Å². The van der Waals surface area contributed by atoms with Gasteiger partial charge in [0.15, 0.2) is 0 Å². The Morgan fingerprint density at radius 3 is 2.21 bits per heavy atom. The number of amides is 1. The molecule has 1 amide bonds. The number of nitrogens with zero attached hydrogens (tertiary/aromatic N) is 2. The molecule has 3 rings (SSSR count). The van der Waals surface area contributed by atoms with Crippen molar-refractivity contribution >= 4 is 11.6 Å². The lowest BCUT2D eigenvalue weighted by atomic mass is 10.1. The second kappa shape index (κ2) is 7.63. The summed E-state index contributed by atoms with van der Waals surface area (Å²) in [6.45, 7) is 3.30. The highest BCUT2D eigenvalue weighted by Gasteiger charge is 2.31. The van der Waals surface area contributed by atoms with E-state index in [1.54, 1.807) is 0 Å². The summed E-state index contributed by atoms with van der Waals surface area (Å²) in [5, 5.41) is 0. The number of hydrogen-bond acceptors (Lipinski definition) is 2. The van der Waals surface area contributed by atoms with Crippen molar-refractivity contribution < 1.29 is 4.79 Å². The lowest BCUT2D eigenvalue weighted by Crippen LogP contribution is -2.42. The smallest absolute Gasteiger partial charge is 0.241 e. The van der Waals surface area contributed by atoms with E-state index in [0.717, 1.165) is 17.2 Å². The van der Waals surface area contributed by atoms with Crippen LogP contribution in [-0.4, -0.2) is 30.4 Å². The molecule has 0 bridgehead atoms. The van der Waals surface area contributed by atoms with Crippen LogP contribution in [0.3, 0.4) is 0 Å². The summed E-state index contributed by atoms with van der Waals surface area (Å²) in [5.74, 6) is 0.919. The molecule has 1 fully saturated rings. The van der Waals surface area contributed by atoms with Crippen LogP contribution in [0.1, 0.15) is 25.3 Å². The molecule has 2 aromatic carbocycles. The topological polar surface area (TPSA) is 23.6 Å².